The molecule has 0 radical (unpaired) electrons. The third-order valence-electron chi connectivity index (χ3n) is 3.42. The lowest BCUT2D eigenvalue weighted by Gasteiger charge is -2.15. The number of nitrogens with zero attached hydrogens (tertiary/aromatic N) is 1. The zero-order chi connectivity index (χ0) is 16.4. The van der Waals surface area contributed by atoms with Gasteiger partial charge in [-0.15, -0.1) is 0 Å². The molecule has 0 saturated carbocycles. The summed E-state index contributed by atoms with van der Waals surface area (Å²) < 4.78 is 10.9. The fourth-order valence-electron chi connectivity index (χ4n) is 2.20. The first-order valence-corrected chi connectivity index (χ1v) is 6.46. The molecule has 9 heteroatoms. The largest absolute Gasteiger partial charge is 0.465 e. The second kappa shape index (κ2) is 6.26. The molecule has 0 amide bonds. The molecule has 120 valence electrons. The maximum absolute atomic E-state index is 11.9. The van der Waals surface area contributed by atoms with Gasteiger partial charge >= 0.3 is 11.7 Å². The van der Waals surface area contributed by atoms with Gasteiger partial charge in [0.25, 0.3) is 5.56 Å². The predicted molar refractivity (Wildman–Crippen MR) is 74.0 cm³/mol. The van der Waals surface area contributed by atoms with E-state index in [1.807, 2.05) is 0 Å². The zero-order valence-corrected chi connectivity index (χ0v) is 11.8. The Bertz CT molecular complexity index is 705. The highest BCUT2D eigenvalue weighted by Crippen LogP contribution is 2.27. The number of ether oxygens (including phenoxy) is 2. The lowest BCUT2D eigenvalue weighted by molar-refractivity contribution is -0.133. The van der Waals surface area contributed by atoms with Gasteiger partial charge in [-0.25, -0.2) is 9.59 Å². The topological polar surface area (TPSA) is 131 Å². The molecular formula is C13H16N2O7. The van der Waals surface area contributed by atoms with Gasteiger partial charge in [0.05, 0.1) is 31.0 Å². The van der Waals surface area contributed by atoms with Crippen molar-refractivity contribution in [2.75, 3.05) is 13.7 Å². The maximum Gasteiger partial charge on any atom is 0.338 e. The molecule has 3 N–H and O–H groups in total. The maximum atomic E-state index is 11.9. The van der Waals surface area contributed by atoms with Crippen LogP contribution < -0.4 is 11.2 Å². The third-order valence-corrected chi connectivity index (χ3v) is 3.42. The van der Waals surface area contributed by atoms with Gasteiger partial charge in [0.2, 0.25) is 0 Å². The lowest BCUT2D eigenvalue weighted by atomic mass is 10.1. The molecule has 9 nitrogen and oxygen atoms in total. The minimum Gasteiger partial charge on any atom is -0.465 e. The average Bonchev–Trinajstić information content (AvgIpc) is 2.86. The minimum atomic E-state index is -0.943. The van der Waals surface area contributed by atoms with Gasteiger partial charge in [-0.05, 0) is 0 Å². The minimum absolute atomic E-state index is 0.0569. The first kappa shape index (κ1) is 16.1. The first-order valence-electron chi connectivity index (χ1n) is 6.46. The second-order valence-electron chi connectivity index (χ2n) is 4.79. The average molecular weight is 312 g/mol. The van der Waals surface area contributed by atoms with E-state index in [1.165, 1.54) is 0 Å². The first-order chi connectivity index (χ1) is 10.4. The molecular weight excluding hydrogens is 296 g/mol. The molecule has 1 fully saturated rings. The summed E-state index contributed by atoms with van der Waals surface area (Å²) in [4.78, 5) is 37.2. The summed E-state index contributed by atoms with van der Waals surface area (Å²) in [5, 5.41) is 18.8. The Morgan fingerprint density at radius 3 is 2.82 bits per heavy atom. The summed E-state index contributed by atoms with van der Waals surface area (Å²) in [6.45, 7) is 3.05. The van der Waals surface area contributed by atoms with E-state index in [9.17, 15) is 19.5 Å². The molecule has 1 saturated heterocycles. The molecule has 0 aliphatic carbocycles. The van der Waals surface area contributed by atoms with E-state index in [4.69, 9.17) is 9.84 Å². The number of hydrogen-bond donors (Lipinski definition) is 3. The van der Waals surface area contributed by atoms with Crippen molar-refractivity contribution in [1.29, 1.82) is 0 Å². The number of aromatic amines is 1. The monoisotopic (exact) mass is 312 g/mol. The molecule has 1 aromatic rings. The van der Waals surface area contributed by atoms with E-state index >= 15 is 0 Å². The molecule has 0 unspecified atom stereocenters. The van der Waals surface area contributed by atoms with Crippen molar-refractivity contribution in [2.24, 2.45) is 0 Å². The second-order valence-corrected chi connectivity index (χ2v) is 4.79. The van der Waals surface area contributed by atoms with Crippen LogP contribution in [0.2, 0.25) is 0 Å². The number of carbonyl (C=O) groups excluding carboxylic acids is 1. The Hall–Kier alpha value is -2.23. The van der Waals surface area contributed by atoms with Crippen molar-refractivity contribution in [1.82, 2.24) is 9.55 Å². The summed E-state index contributed by atoms with van der Waals surface area (Å²) in [7, 11) is 1.14. The number of aromatic nitrogens is 2. The van der Waals surface area contributed by atoms with Crippen LogP contribution in [0.4, 0.5) is 0 Å². The van der Waals surface area contributed by atoms with Crippen molar-refractivity contribution >= 4 is 11.5 Å². The van der Waals surface area contributed by atoms with Gasteiger partial charge < -0.3 is 19.7 Å². The molecule has 22 heavy (non-hydrogen) atoms. The van der Waals surface area contributed by atoms with Crippen molar-refractivity contribution in [3.05, 3.63) is 39.2 Å². The lowest BCUT2D eigenvalue weighted by Crippen LogP contribution is -2.34. The number of esters is 1. The van der Waals surface area contributed by atoms with Crippen LogP contribution in [0.3, 0.4) is 0 Å². The molecule has 2 heterocycles. The summed E-state index contributed by atoms with van der Waals surface area (Å²) in [6.07, 6.45) is -1.46. The van der Waals surface area contributed by atoms with Crippen molar-refractivity contribution in [2.45, 2.75) is 24.9 Å². The van der Waals surface area contributed by atoms with Crippen molar-refractivity contribution in [3.63, 3.8) is 0 Å². The SMILES string of the molecule is C=C(C(=O)OC)c1cn([C@H]2C[C@H](O)[C@@H](CO)O2)c(=O)[nH]c1=O. The molecule has 1 aromatic heterocycles. The number of methoxy groups -OCH3 is 1. The van der Waals surface area contributed by atoms with E-state index < -0.39 is 42.3 Å². The predicted octanol–water partition coefficient (Wildman–Crippen LogP) is -1.64. The highest BCUT2D eigenvalue weighted by molar-refractivity contribution is 6.15. The zero-order valence-electron chi connectivity index (χ0n) is 11.8. The summed E-state index contributed by atoms with van der Waals surface area (Å²) in [6, 6.07) is 0. The molecule has 0 bridgehead atoms. The Kier molecular flexibility index (Phi) is 4.59. The van der Waals surface area contributed by atoms with Crippen LogP contribution in [0.1, 0.15) is 18.2 Å². The van der Waals surface area contributed by atoms with E-state index in [0.717, 1.165) is 17.9 Å². The Balaban J connectivity index is 2.42. The van der Waals surface area contributed by atoms with Crippen LogP contribution in [0.25, 0.3) is 5.57 Å². The molecule has 2 rings (SSSR count). The molecule has 0 spiro atoms. The quantitative estimate of drug-likeness (QED) is 0.449. The van der Waals surface area contributed by atoms with Gasteiger partial charge in [-0.1, -0.05) is 6.58 Å². The van der Waals surface area contributed by atoms with Crippen LogP contribution in [0.5, 0.6) is 0 Å². The number of rotatable bonds is 4. The standard InChI is InChI=1S/C13H16N2O7/c1-6(12(19)21-2)7-4-15(13(20)14-11(7)18)10-3-8(17)9(5-16)22-10/h4,8-10,16-17H,1,3,5H2,2H3,(H,14,18,20)/t8-,9+,10+/m0/s1. The Morgan fingerprint density at radius 1 is 1.59 bits per heavy atom. The number of H-pyrrole nitrogens is 1. The molecule has 1 aliphatic rings. The highest BCUT2D eigenvalue weighted by Gasteiger charge is 2.35. The van der Waals surface area contributed by atoms with Gasteiger partial charge in [0, 0.05) is 12.6 Å². The molecule has 1 aliphatic heterocycles. The van der Waals surface area contributed by atoms with Gasteiger partial charge in [-0.3, -0.25) is 14.3 Å². The third kappa shape index (κ3) is 2.86. The van der Waals surface area contributed by atoms with Crippen molar-refractivity contribution in [3.8, 4) is 0 Å². The number of carbonyl (C=O) groups is 1. The van der Waals surface area contributed by atoms with E-state index in [-0.39, 0.29) is 17.6 Å². The van der Waals surface area contributed by atoms with Crippen LogP contribution in [-0.4, -0.2) is 51.7 Å². The number of aliphatic hydroxyl groups excluding tert-OH is 2. The van der Waals surface area contributed by atoms with Gasteiger partial charge in [0.1, 0.15) is 12.3 Å². The molecule has 3 atom stereocenters. The Labute approximate surface area is 124 Å². The highest BCUT2D eigenvalue weighted by atomic mass is 16.5. The number of hydrogen-bond acceptors (Lipinski definition) is 7. The molecule has 0 aromatic carbocycles. The van der Waals surface area contributed by atoms with Gasteiger partial charge in [0.15, 0.2) is 0 Å². The Morgan fingerprint density at radius 2 is 2.27 bits per heavy atom. The summed E-state index contributed by atoms with van der Waals surface area (Å²) in [5.41, 5.74) is -1.90. The summed E-state index contributed by atoms with van der Waals surface area (Å²) in [5.74, 6) is -0.809. The normalized spacial score (nSPS) is 24.2. The van der Waals surface area contributed by atoms with E-state index in [2.05, 4.69) is 16.3 Å². The van der Waals surface area contributed by atoms with Crippen LogP contribution in [0, 0.1) is 0 Å². The van der Waals surface area contributed by atoms with E-state index in [0.29, 0.717) is 0 Å². The van der Waals surface area contributed by atoms with Crippen molar-refractivity contribution < 1.29 is 24.5 Å². The number of aliphatic hydroxyl groups is 2. The fourth-order valence-corrected chi connectivity index (χ4v) is 2.20. The van der Waals surface area contributed by atoms with Crippen LogP contribution in [0.15, 0.2) is 22.4 Å². The van der Waals surface area contributed by atoms with E-state index in [1.54, 1.807) is 0 Å². The van der Waals surface area contributed by atoms with Crippen LogP contribution >= 0.6 is 0 Å². The van der Waals surface area contributed by atoms with Gasteiger partial charge in [-0.2, -0.15) is 0 Å². The fraction of sp³-hybridized carbons (Fsp3) is 0.462. The smallest absolute Gasteiger partial charge is 0.338 e. The van der Waals surface area contributed by atoms with Crippen LogP contribution in [-0.2, 0) is 14.3 Å². The summed E-state index contributed by atoms with van der Waals surface area (Å²) >= 11 is 0. The number of nitrogens with one attached hydrogen (secondary N) is 1.